The number of aryl methyl sites for hydroxylation is 3. The molecule has 0 radical (unpaired) electrons. The van der Waals surface area contributed by atoms with Crippen LogP contribution in [0.5, 0.6) is 5.75 Å². The molecular weight excluding hydrogens is 242 g/mol. The zero-order valence-corrected chi connectivity index (χ0v) is 11.3. The van der Waals surface area contributed by atoms with Crippen LogP contribution in [-0.2, 0) is 13.0 Å². The van der Waals surface area contributed by atoms with Crippen LogP contribution in [0.4, 0.5) is 0 Å². The summed E-state index contributed by atoms with van der Waals surface area (Å²) in [4.78, 5) is 0. The van der Waals surface area contributed by atoms with Crippen LogP contribution in [0.15, 0.2) is 22.6 Å². The van der Waals surface area contributed by atoms with Crippen LogP contribution in [0.1, 0.15) is 29.3 Å². The predicted octanol–water partition coefficient (Wildman–Crippen LogP) is 2.16. The van der Waals surface area contributed by atoms with Crippen molar-refractivity contribution < 1.29 is 9.15 Å². The number of nitrogens with zero attached hydrogens (tertiary/aromatic N) is 2. The van der Waals surface area contributed by atoms with Crippen molar-refractivity contribution in [1.82, 2.24) is 10.2 Å². The van der Waals surface area contributed by atoms with Gasteiger partial charge in [0.1, 0.15) is 5.75 Å². The van der Waals surface area contributed by atoms with Crippen LogP contribution in [0.25, 0.3) is 0 Å². The predicted molar refractivity (Wildman–Crippen MR) is 71.9 cm³/mol. The summed E-state index contributed by atoms with van der Waals surface area (Å²) in [5.74, 6) is 1.92. The summed E-state index contributed by atoms with van der Waals surface area (Å²) in [6, 6.07) is 5.97. The third-order valence-electron chi connectivity index (χ3n) is 2.94. The maximum Gasteiger partial charge on any atom is 0.253 e. The van der Waals surface area contributed by atoms with E-state index in [0.717, 1.165) is 12.2 Å². The number of hydrogen-bond acceptors (Lipinski definition) is 5. The molecule has 0 unspecified atom stereocenters. The molecule has 1 aromatic heterocycles. The summed E-state index contributed by atoms with van der Waals surface area (Å²) < 4.78 is 11.1. The van der Waals surface area contributed by atoms with Crippen LogP contribution in [0.3, 0.4) is 0 Å². The van der Waals surface area contributed by atoms with Gasteiger partial charge in [0.2, 0.25) is 5.89 Å². The molecule has 2 aromatic rings. The highest BCUT2D eigenvalue weighted by Crippen LogP contribution is 2.17. The number of rotatable bonds is 6. The molecule has 0 saturated heterocycles. The molecule has 5 nitrogen and oxygen atoms in total. The van der Waals surface area contributed by atoms with E-state index in [2.05, 4.69) is 24.0 Å². The van der Waals surface area contributed by atoms with Crippen molar-refractivity contribution in [3.63, 3.8) is 0 Å². The Labute approximate surface area is 112 Å². The van der Waals surface area contributed by atoms with Crippen LogP contribution >= 0.6 is 0 Å². The van der Waals surface area contributed by atoms with Gasteiger partial charge in [-0.15, -0.1) is 10.2 Å². The summed E-state index contributed by atoms with van der Waals surface area (Å²) in [6.07, 6.45) is 1.56. The zero-order valence-electron chi connectivity index (χ0n) is 11.3. The van der Waals surface area contributed by atoms with Gasteiger partial charge in [-0.25, -0.2) is 0 Å². The number of nitrogens with two attached hydrogens (primary N) is 1. The topological polar surface area (TPSA) is 74.2 Å². The Balaban J connectivity index is 1.91. The Morgan fingerprint density at radius 2 is 1.95 bits per heavy atom. The first-order chi connectivity index (χ1) is 9.19. The van der Waals surface area contributed by atoms with Crippen molar-refractivity contribution in [2.24, 2.45) is 5.73 Å². The fourth-order valence-electron chi connectivity index (χ4n) is 1.65. The minimum Gasteiger partial charge on any atom is -0.484 e. The molecule has 0 saturated carbocycles. The normalized spacial score (nSPS) is 10.7. The van der Waals surface area contributed by atoms with Crippen molar-refractivity contribution in [3.8, 4) is 5.75 Å². The lowest BCUT2D eigenvalue weighted by molar-refractivity contribution is 0.258. The molecule has 0 fully saturated rings. The highest BCUT2D eigenvalue weighted by molar-refractivity contribution is 5.33. The molecule has 0 aliphatic rings. The van der Waals surface area contributed by atoms with E-state index < -0.39 is 0 Å². The fourth-order valence-corrected chi connectivity index (χ4v) is 1.65. The van der Waals surface area contributed by atoms with Crippen molar-refractivity contribution >= 4 is 0 Å². The molecule has 19 heavy (non-hydrogen) atoms. The maximum absolute atomic E-state index is 5.62. The van der Waals surface area contributed by atoms with Crippen LogP contribution in [0, 0.1) is 13.8 Å². The van der Waals surface area contributed by atoms with E-state index in [1.165, 1.54) is 11.1 Å². The smallest absolute Gasteiger partial charge is 0.253 e. The summed E-state index contributed by atoms with van der Waals surface area (Å²) in [6.45, 7) is 5.04. The van der Waals surface area contributed by atoms with Crippen LogP contribution in [0.2, 0.25) is 0 Å². The van der Waals surface area contributed by atoms with E-state index in [9.17, 15) is 0 Å². The number of benzene rings is 1. The first-order valence-electron chi connectivity index (χ1n) is 6.40. The van der Waals surface area contributed by atoms with E-state index in [4.69, 9.17) is 14.9 Å². The Kier molecular flexibility index (Phi) is 4.52. The van der Waals surface area contributed by atoms with Gasteiger partial charge in [0.25, 0.3) is 5.89 Å². The molecule has 0 atom stereocenters. The Hall–Kier alpha value is -1.88. The third kappa shape index (κ3) is 3.79. The second-order valence-corrected chi connectivity index (χ2v) is 4.52. The Bertz CT molecular complexity index is 537. The maximum atomic E-state index is 5.62. The quantitative estimate of drug-likeness (QED) is 0.862. The van der Waals surface area contributed by atoms with Crippen molar-refractivity contribution in [1.29, 1.82) is 0 Å². The molecule has 1 heterocycles. The van der Waals surface area contributed by atoms with Gasteiger partial charge in [0.05, 0.1) is 0 Å². The summed E-state index contributed by atoms with van der Waals surface area (Å²) in [5, 5.41) is 7.89. The van der Waals surface area contributed by atoms with E-state index >= 15 is 0 Å². The molecule has 0 aliphatic carbocycles. The lowest BCUT2D eigenvalue weighted by atomic mass is 10.1. The molecule has 0 aliphatic heterocycles. The van der Waals surface area contributed by atoms with Crippen molar-refractivity contribution in [2.45, 2.75) is 33.3 Å². The minimum atomic E-state index is 0.290. The SMILES string of the molecule is Cc1ccc(OCc2nnc(CCCN)o2)cc1C. The van der Waals surface area contributed by atoms with Gasteiger partial charge >= 0.3 is 0 Å². The largest absolute Gasteiger partial charge is 0.484 e. The average molecular weight is 261 g/mol. The number of ether oxygens (including phenoxy) is 1. The monoisotopic (exact) mass is 261 g/mol. The molecule has 102 valence electrons. The highest BCUT2D eigenvalue weighted by Gasteiger charge is 2.06. The molecular formula is C14H19N3O2. The Morgan fingerprint density at radius 3 is 2.68 bits per heavy atom. The van der Waals surface area contributed by atoms with E-state index in [1.807, 2.05) is 18.2 Å². The minimum absolute atomic E-state index is 0.290. The summed E-state index contributed by atoms with van der Waals surface area (Å²) >= 11 is 0. The van der Waals surface area contributed by atoms with Gasteiger partial charge in [-0.2, -0.15) is 0 Å². The van der Waals surface area contributed by atoms with E-state index in [0.29, 0.717) is 24.7 Å². The van der Waals surface area contributed by atoms with Gasteiger partial charge in [0, 0.05) is 6.42 Å². The van der Waals surface area contributed by atoms with Gasteiger partial charge < -0.3 is 14.9 Å². The number of aromatic nitrogens is 2. The summed E-state index contributed by atoms with van der Waals surface area (Å²) in [5.41, 5.74) is 7.87. The average Bonchev–Trinajstić information content (AvgIpc) is 2.86. The van der Waals surface area contributed by atoms with E-state index in [-0.39, 0.29) is 6.61 Å². The van der Waals surface area contributed by atoms with Crippen molar-refractivity contribution in [2.75, 3.05) is 6.54 Å². The summed E-state index contributed by atoms with van der Waals surface area (Å²) in [7, 11) is 0. The lowest BCUT2D eigenvalue weighted by Gasteiger charge is -2.05. The zero-order chi connectivity index (χ0) is 13.7. The molecule has 0 bridgehead atoms. The molecule has 5 heteroatoms. The first-order valence-corrected chi connectivity index (χ1v) is 6.40. The molecule has 2 N–H and O–H groups in total. The van der Waals surface area contributed by atoms with Crippen LogP contribution in [-0.4, -0.2) is 16.7 Å². The highest BCUT2D eigenvalue weighted by atomic mass is 16.5. The fraction of sp³-hybridized carbons (Fsp3) is 0.429. The second-order valence-electron chi connectivity index (χ2n) is 4.52. The van der Waals surface area contributed by atoms with Gasteiger partial charge in [-0.1, -0.05) is 6.07 Å². The van der Waals surface area contributed by atoms with Gasteiger partial charge in [-0.3, -0.25) is 0 Å². The first kappa shape index (κ1) is 13.5. The lowest BCUT2D eigenvalue weighted by Crippen LogP contribution is -2.00. The molecule has 0 amide bonds. The standard InChI is InChI=1S/C14H19N3O2/c1-10-5-6-12(8-11(10)2)18-9-14-17-16-13(19-14)4-3-7-15/h5-6,8H,3-4,7,9,15H2,1-2H3. The van der Waals surface area contributed by atoms with Gasteiger partial charge in [-0.05, 0) is 50.1 Å². The molecule has 0 spiro atoms. The number of hydrogen-bond donors (Lipinski definition) is 1. The molecule has 1 aromatic carbocycles. The second kappa shape index (κ2) is 6.33. The van der Waals surface area contributed by atoms with E-state index in [1.54, 1.807) is 0 Å². The van der Waals surface area contributed by atoms with Crippen molar-refractivity contribution in [3.05, 3.63) is 41.1 Å². The third-order valence-corrected chi connectivity index (χ3v) is 2.94. The van der Waals surface area contributed by atoms with Gasteiger partial charge in [0.15, 0.2) is 6.61 Å². The Morgan fingerprint density at radius 1 is 1.16 bits per heavy atom. The molecule has 2 rings (SSSR count). The van der Waals surface area contributed by atoms with Crippen LogP contribution < -0.4 is 10.5 Å².